The van der Waals surface area contributed by atoms with Crippen molar-refractivity contribution in [1.29, 1.82) is 0 Å². The monoisotopic (exact) mass is 249 g/mol. The van der Waals surface area contributed by atoms with Crippen molar-refractivity contribution < 1.29 is 5.11 Å². The topological polar surface area (TPSA) is 23.5 Å². The molecule has 2 nitrogen and oxygen atoms in total. The van der Waals surface area contributed by atoms with E-state index in [1.807, 2.05) is 19.1 Å². The molecule has 1 rings (SSSR count). The van der Waals surface area contributed by atoms with Gasteiger partial charge < -0.3 is 10.0 Å². The molecule has 18 heavy (non-hydrogen) atoms. The molecule has 0 amide bonds. The lowest BCUT2D eigenvalue weighted by Gasteiger charge is -2.31. The Kier molecular flexibility index (Phi) is 5.67. The van der Waals surface area contributed by atoms with Gasteiger partial charge in [0.25, 0.3) is 0 Å². The van der Waals surface area contributed by atoms with Gasteiger partial charge in [0.05, 0.1) is 6.10 Å². The van der Waals surface area contributed by atoms with Gasteiger partial charge in [-0.25, -0.2) is 0 Å². The van der Waals surface area contributed by atoms with Crippen LogP contribution in [0.1, 0.15) is 52.7 Å². The largest absolute Gasteiger partial charge is 0.388 e. The molecule has 0 fully saturated rings. The molecule has 102 valence electrons. The van der Waals surface area contributed by atoms with Gasteiger partial charge in [0.1, 0.15) is 0 Å². The van der Waals surface area contributed by atoms with E-state index in [1.165, 1.54) is 5.69 Å². The minimum atomic E-state index is -0.336. The summed E-state index contributed by atoms with van der Waals surface area (Å²) in [5.74, 6) is 0.647. The van der Waals surface area contributed by atoms with Crippen LogP contribution in [0.25, 0.3) is 0 Å². The average molecular weight is 249 g/mol. The predicted octanol–water partition coefficient (Wildman–Crippen LogP) is 4.00. The number of anilines is 1. The number of benzene rings is 1. The van der Waals surface area contributed by atoms with Crippen LogP contribution in [0.3, 0.4) is 0 Å². The molecule has 0 saturated heterocycles. The predicted molar refractivity (Wildman–Crippen MR) is 79.0 cm³/mol. The molecule has 0 spiro atoms. The third kappa shape index (κ3) is 4.02. The van der Waals surface area contributed by atoms with Crippen LogP contribution in [-0.2, 0) is 0 Å². The van der Waals surface area contributed by atoms with Gasteiger partial charge in [-0.15, -0.1) is 0 Å². The number of aliphatic hydroxyl groups is 1. The minimum Gasteiger partial charge on any atom is -0.388 e. The van der Waals surface area contributed by atoms with E-state index in [4.69, 9.17) is 0 Å². The van der Waals surface area contributed by atoms with E-state index < -0.39 is 0 Å². The van der Waals surface area contributed by atoms with Crippen LogP contribution in [0.15, 0.2) is 24.3 Å². The SMILES string of the molecule is CC[C@H](O)c1ccc(N(CC(C)C)C(C)C)cc1. The number of rotatable bonds is 6. The second-order valence-electron chi connectivity index (χ2n) is 5.66. The molecular formula is C16H27NO. The van der Waals surface area contributed by atoms with E-state index in [0.29, 0.717) is 12.0 Å². The lowest BCUT2D eigenvalue weighted by Crippen LogP contribution is -2.34. The molecule has 0 bridgehead atoms. The Balaban J connectivity index is 2.86. The van der Waals surface area contributed by atoms with Gasteiger partial charge in [0.2, 0.25) is 0 Å². The number of aliphatic hydroxyl groups excluding tert-OH is 1. The Morgan fingerprint density at radius 2 is 1.61 bits per heavy atom. The Hall–Kier alpha value is -1.02. The highest BCUT2D eigenvalue weighted by Crippen LogP contribution is 2.23. The second kappa shape index (κ2) is 6.79. The fourth-order valence-corrected chi connectivity index (χ4v) is 2.13. The summed E-state index contributed by atoms with van der Waals surface area (Å²) < 4.78 is 0. The second-order valence-corrected chi connectivity index (χ2v) is 5.66. The van der Waals surface area contributed by atoms with E-state index in [9.17, 15) is 5.11 Å². The Morgan fingerprint density at radius 1 is 1.06 bits per heavy atom. The molecule has 1 aromatic carbocycles. The average Bonchev–Trinajstić information content (AvgIpc) is 2.34. The van der Waals surface area contributed by atoms with Crippen LogP contribution in [-0.4, -0.2) is 17.7 Å². The summed E-state index contributed by atoms with van der Waals surface area (Å²) in [6.45, 7) is 12.0. The molecule has 2 heteroatoms. The normalized spacial score (nSPS) is 13.1. The minimum absolute atomic E-state index is 0.336. The van der Waals surface area contributed by atoms with Gasteiger partial charge in [-0.05, 0) is 43.9 Å². The van der Waals surface area contributed by atoms with Crippen LogP contribution < -0.4 is 4.90 Å². The van der Waals surface area contributed by atoms with Crippen molar-refractivity contribution in [3.05, 3.63) is 29.8 Å². The van der Waals surface area contributed by atoms with Crippen molar-refractivity contribution in [2.75, 3.05) is 11.4 Å². The van der Waals surface area contributed by atoms with Crippen LogP contribution in [0.5, 0.6) is 0 Å². The van der Waals surface area contributed by atoms with E-state index >= 15 is 0 Å². The van der Waals surface area contributed by atoms with Crippen molar-refractivity contribution in [3.63, 3.8) is 0 Å². The molecule has 0 aliphatic carbocycles. The molecule has 0 aromatic heterocycles. The zero-order valence-electron chi connectivity index (χ0n) is 12.4. The number of nitrogens with zero attached hydrogens (tertiary/aromatic N) is 1. The van der Waals surface area contributed by atoms with Crippen LogP contribution in [0, 0.1) is 5.92 Å². The first-order chi connectivity index (χ1) is 8.45. The van der Waals surface area contributed by atoms with Crippen molar-refractivity contribution in [2.24, 2.45) is 5.92 Å². The number of hydrogen-bond acceptors (Lipinski definition) is 2. The molecule has 0 aliphatic rings. The molecule has 0 aliphatic heterocycles. The van der Waals surface area contributed by atoms with E-state index in [2.05, 4.69) is 44.7 Å². The zero-order chi connectivity index (χ0) is 13.7. The zero-order valence-corrected chi connectivity index (χ0v) is 12.4. The van der Waals surface area contributed by atoms with Crippen molar-refractivity contribution in [1.82, 2.24) is 0 Å². The molecule has 0 unspecified atom stereocenters. The van der Waals surface area contributed by atoms with Crippen molar-refractivity contribution >= 4 is 5.69 Å². The maximum absolute atomic E-state index is 9.80. The van der Waals surface area contributed by atoms with Gasteiger partial charge in [0.15, 0.2) is 0 Å². The van der Waals surface area contributed by atoms with E-state index in [0.717, 1.165) is 18.5 Å². The molecule has 1 aromatic rings. The summed E-state index contributed by atoms with van der Waals surface area (Å²) in [5.41, 5.74) is 2.25. The van der Waals surface area contributed by atoms with Crippen molar-refractivity contribution in [3.8, 4) is 0 Å². The number of hydrogen-bond donors (Lipinski definition) is 1. The Morgan fingerprint density at radius 3 is 2.00 bits per heavy atom. The fraction of sp³-hybridized carbons (Fsp3) is 0.625. The summed E-state index contributed by atoms with van der Waals surface area (Å²) in [4.78, 5) is 2.41. The van der Waals surface area contributed by atoms with Gasteiger partial charge in [-0.2, -0.15) is 0 Å². The molecule has 1 N–H and O–H groups in total. The maximum Gasteiger partial charge on any atom is 0.0787 e. The third-order valence-corrected chi connectivity index (χ3v) is 3.18. The first-order valence-corrected chi connectivity index (χ1v) is 7.00. The first kappa shape index (κ1) is 15.0. The lowest BCUT2D eigenvalue weighted by molar-refractivity contribution is 0.173. The van der Waals surface area contributed by atoms with Crippen LogP contribution >= 0.6 is 0 Å². The van der Waals surface area contributed by atoms with Crippen molar-refractivity contribution in [2.45, 2.75) is 53.2 Å². The van der Waals surface area contributed by atoms with Gasteiger partial charge in [0, 0.05) is 18.3 Å². The van der Waals surface area contributed by atoms with Crippen LogP contribution in [0.4, 0.5) is 5.69 Å². The molecule has 1 atom stereocenters. The molecular weight excluding hydrogens is 222 g/mol. The van der Waals surface area contributed by atoms with Gasteiger partial charge in [-0.3, -0.25) is 0 Å². The molecule has 0 radical (unpaired) electrons. The van der Waals surface area contributed by atoms with E-state index in [1.54, 1.807) is 0 Å². The highest BCUT2D eigenvalue weighted by Gasteiger charge is 2.13. The fourth-order valence-electron chi connectivity index (χ4n) is 2.13. The Bertz CT molecular complexity index is 343. The highest BCUT2D eigenvalue weighted by atomic mass is 16.3. The maximum atomic E-state index is 9.80. The first-order valence-electron chi connectivity index (χ1n) is 7.00. The molecule has 0 saturated carbocycles. The van der Waals surface area contributed by atoms with Crippen LogP contribution in [0.2, 0.25) is 0 Å². The standard InChI is InChI=1S/C16H27NO/c1-6-16(18)14-7-9-15(10-8-14)17(13(4)5)11-12(2)3/h7-10,12-13,16,18H,6,11H2,1-5H3/t16-/m0/s1. The van der Waals surface area contributed by atoms with Gasteiger partial charge >= 0.3 is 0 Å². The summed E-state index contributed by atoms with van der Waals surface area (Å²) >= 11 is 0. The lowest BCUT2D eigenvalue weighted by atomic mass is 10.1. The highest BCUT2D eigenvalue weighted by molar-refractivity contribution is 5.48. The Labute approximate surface area is 112 Å². The third-order valence-electron chi connectivity index (χ3n) is 3.18. The van der Waals surface area contributed by atoms with E-state index in [-0.39, 0.29) is 6.10 Å². The van der Waals surface area contributed by atoms with Gasteiger partial charge in [-0.1, -0.05) is 32.9 Å². The quantitative estimate of drug-likeness (QED) is 0.823. The summed E-state index contributed by atoms with van der Waals surface area (Å²) in [7, 11) is 0. The molecule has 0 heterocycles. The summed E-state index contributed by atoms with van der Waals surface area (Å²) in [6, 6.07) is 8.82. The summed E-state index contributed by atoms with van der Waals surface area (Å²) in [5, 5.41) is 9.80. The smallest absolute Gasteiger partial charge is 0.0787 e. The summed E-state index contributed by atoms with van der Waals surface area (Å²) in [6.07, 6.45) is 0.427.